The molecule has 0 fully saturated rings. The highest BCUT2D eigenvalue weighted by atomic mass is 127. The zero-order valence-electron chi connectivity index (χ0n) is 17.1. The predicted octanol–water partition coefficient (Wildman–Crippen LogP) is 5.01. The van der Waals surface area contributed by atoms with Gasteiger partial charge in [-0.05, 0) is 61.3 Å². The van der Waals surface area contributed by atoms with Gasteiger partial charge in [-0.15, -0.1) is 0 Å². The first-order chi connectivity index (χ1) is 14.5. The lowest BCUT2D eigenvalue weighted by Crippen LogP contribution is -2.18. The maximum Gasteiger partial charge on any atom is 0.124 e. The molecule has 6 nitrogen and oxygen atoms in total. The number of H-pyrrole nitrogens is 2. The minimum atomic E-state index is -0.0128. The van der Waals surface area contributed by atoms with Gasteiger partial charge in [-0.3, -0.25) is 0 Å². The Balaban J connectivity index is 1.92. The van der Waals surface area contributed by atoms with Crippen LogP contribution >= 0.6 is 22.6 Å². The molecule has 0 amide bonds. The fourth-order valence-electron chi connectivity index (χ4n) is 4.16. The van der Waals surface area contributed by atoms with Crippen LogP contribution in [0.4, 0.5) is 0 Å². The summed E-state index contributed by atoms with van der Waals surface area (Å²) in [7, 11) is 1.91. The van der Waals surface area contributed by atoms with Crippen molar-refractivity contribution in [3.63, 3.8) is 0 Å². The second-order valence-electron chi connectivity index (χ2n) is 7.58. The SMILES string of the molecule is CNCC(C=N)c1c[nH]c2c(C)cc(C)c(C(I)c3nc4ccc(C#N)cc4[nH]3)c12. The monoisotopic (exact) mass is 510 g/mol. The van der Waals surface area contributed by atoms with Gasteiger partial charge in [-0.2, -0.15) is 5.26 Å². The van der Waals surface area contributed by atoms with Crippen LogP contribution in [0.2, 0.25) is 0 Å². The largest absolute Gasteiger partial charge is 0.361 e. The molecule has 7 heteroatoms. The molecule has 0 aliphatic rings. The molecule has 152 valence electrons. The van der Waals surface area contributed by atoms with Crippen molar-refractivity contribution in [2.45, 2.75) is 23.7 Å². The molecule has 2 aromatic heterocycles. The number of aromatic amines is 2. The summed E-state index contributed by atoms with van der Waals surface area (Å²) in [6.07, 6.45) is 3.54. The number of imidazole rings is 1. The minimum absolute atomic E-state index is 0.000782. The summed E-state index contributed by atoms with van der Waals surface area (Å²) in [6.45, 7) is 4.96. The predicted molar refractivity (Wildman–Crippen MR) is 130 cm³/mol. The molecule has 2 atom stereocenters. The number of aromatic nitrogens is 3. The van der Waals surface area contributed by atoms with Crippen molar-refractivity contribution in [2.24, 2.45) is 0 Å². The first kappa shape index (κ1) is 20.6. The Morgan fingerprint density at radius 3 is 2.80 bits per heavy atom. The molecule has 4 rings (SSSR count). The van der Waals surface area contributed by atoms with E-state index in [1.165, 1.54) is 28.3 Å². The topological polar surface area (TPSA) is 104 Å². The number of aryl methyl sites for hydroxylation is 2. The third kappa shape index (κ3) is 3.40. The van der Waals surface area contributed by atoms with Crippen LogP contribution in [0.15, 0.2) is 30.5 Å². The van der Waals surface area contributed by atoms with Gasteiger partial charge in [0, 0.05) is 35.8 Å². The second kappa shape index (κ2) is 8.20. The first-order valence-electron chi connectivity index (χ1n) is 9.78. The average Bonchev–Trinajstić information content (AvgIpc) is 3.36. The number of alkyl halides is 1. The highest BCUT2D eigenvalue weighted by Gasteiger charge is 2.25. The number of rotatable bonds is 6. The highest BCUT2D eigenvalue weighted by Crippen LogP contribution is 2.41. The maximum atomic E-state index is 9.19. The first-order valence-corrected chi connectivity index (χ1v) is 11.0. The summed E-state index contributed by atoms with van der Waals surface area (Å²) >= 11 is 2.44. The van der Waals surface area contributed by atoms with Crippen LogP contribution in [0.25, 0.3) is 21.9 Å². The van der Waals surface area contributed by atoms with Gasteiger partial charge in [0.05, 0.1) is 26.6 Å². The van der Waals surface area contributed by atoms with Gasteiger partial charge in [0.25, 0.3) is 0 Å². The van der Waals surface area contributed by atoms with Crippen LogP contribution in [0.1, 0.15) is 43.5 Å². The van der Waals surface area contributed by atoms with E-state index < -0.39 is 0 Å². The molecular formula is C23H23IN6. The van der Waals surface area contributed by atoms with E-state index >= 15 is 0 Å². The normalized spacial score (nSPS) is 13.4. The van der Waals surface area contributed by atoms with E-state index in [4.69, 9.17) is 10.4 Å². The third-order valence-corrected chi connectivity index (χ3v) is 6.79. The van der Waals surface area contributed by atoms with Gasteiger partial charge in [0.1, 0.15) is 5.82 Å². The lowest BCUT2D eigenvalue weighted by Gasteiger charge is -2.18. The number of likely N-dealkylation sites (N-methyl/N-ethyl adjacent to an activating group) is 1. The molecule has 0 radical (unpaired) electrons. The molecule has 4 N–H and O–H groups in total. The van der Waals surface area contributed by atoms with Crippen LogP contribution in [-0.4, -0.2) is 34.8 Å². The van der Waals surface area contributed by atoms with E-state index in [1.54, 1.807) is 6.07 Å². The quantitative estimate of drug-likeness (QED) is 0.167. The van der Waals surface area contributed by atoms with Gasteiger partial charge < -0.3 is 20.7 Å². The minimum Gasteiger partial charge on any atom is -0.361 e. The second-order valence-corrected chi connectivity index (χ2v) is 8.82. The Kier molecular flexibility index (Phi) is 5.62. The van der Waals surface area contributed by atoms with Crippen molar-refractivity contribution in [3.8, 4) is 6.07 Å². The standard InChI is InChI=1S/C23H23IN6/c1-12-6-13(2)22-20(16(11-28-22)15(9-26)10-27-3)19(12)21(24)23-29-17-5-4-14(8-25)7-18(17)30-23/h4-7,9,11,15,21,26-28H,10H2,1-3H3,(H,29,30). The number of halogens is 1. The molecule has 0 bridgehead atoms. The van der Waals surface area contributed by atoms with Gasteiger partial charge >= 0.3 is 0 Å². The molecule has 2 heterocycles. The summed E-state index contributed by atoms with van der Waals surface area (Å²) in [5.74, 6) is 0.849. The van der Waals surface area contributed by atoms with Gasteiger partial charge in [0.2, 0.25) is 0 Å². The zero-order chi connectivity index (χ0) is 21.4. The van der Waals surface area contributed by atoms with Gasteiger partial charge in [-0.1, -0.05) is 28.7 Å². The number of nitriles is 1. The summed E-state index contributed by atoms with van der Waals surface area (Å²) in [5, 5.41) is 21.5. The zero-order valence-corrected chi connectivity index (χ0v) is 19.3. The molecule has 0 aliphatic carbocycles. The summed E-state index contributed by atoms with van der Waals surface area (Å²) in [6, 6.07) is 9.90. The smallest absolute Gasteiger partial charge is 0.124 e. The Morgan fingerprint density at radius 2 is 2.10 bits per heavy atom. The molecule has 0 aliphatic heterocycles. The Bertz CT molecular complexity index is 1290. The lowest BCUT2D eigenvalue weighted by atomic mass is 9.91. The van der Waals surface area contributed by atoms with Crippen LogP contribution in [0, 0.1) is 30.6 Å². The molecule has 0 saturated heterocycles. The third-order valence-electron chi connectivity index (χ3n) is 5.58. The summed E-state index contributed by atoms with van der Waals surface area (Å²) < 4.78 is -0.000782. The lowest BCUT2D eigenvalue weighted by molar-refractivity contribution is 0.758. The number of hydrogen-bond acceptors (Lipinski definition) is 4. The van der Waals surface area contributed by atoms with E-state index in [1.807, 2.05) is 25.4 Å². The fraction of sp³-hybridized carbons (Fsp3) is 0.261. The van der Waals surface area contributed by atoms with E-state index in [0.29, 0.717) is 12.1 Å². The van der Waals surface area contributed by atoms with Gasteiger partial charge in [0.15, 0.2) is 0 Å². The molecule has 0 saturated carbocycles. The molecular weight excluding hydrogens is 487 g/mol. The van der Waals surface area contributed by atoms with E-state index in [2.05, 4.69) is 63.9 Å². The van der Waals surface area contributed by atoms with Gasteiger partial charge in [-0.25, -0.2) is 4.98 Å². The summed E-state index contributed by atoms with van der Waals surface area (Å²) in [4.78, 5) is 11.7. The van der Waals surface area contributed by atoms with Crippen LogP contribution < -0.4 is 5.32 Å². The molecule has 2 aromatic carbocycles. The molecule has 30 heavy (non-hydrogen) atoms. The van der Waals surface area contributed by atoms with Crippen molar-refractivity contribution in [2.75, 3.05) is 13.6 Å². The van der Waals surface area contributed by atoms with Crippen LogP contribution in [0.5, 0.6) is 0 Å². The Morgan fingerprint density at radius 1 is 1.30 bits per heavy atom. The Labute approximate surface area is 188 Å². The Hall–Kier alpha value is -2.70. The number of nitrogens with one attached hydrogen (secondary N) is 4. The van der Waals surface area contributed by atoms with Crippen molar-refractivity contribution in [1.82, 2.24) is 20.3 Å². The van der Waals surface area contributed by atoms with E-state index in [0.717, 1.165) is 27.9 Å². The van der Waals surface area contributed by atoms with Crippen molar-refractivity contribution >= 4 is 50.7 Å². The average molecular weight is 510 g/mol. The summed E-state index contributed by atoms with van der Waals surface area (Å²) in [5.41, 5.74) is 8.17. The van der Waals surface area contributed by atoms with Crippen LogP contribution in [-0.2, 0) is 0 Å². The number of nitrogens with zero attached hydrogens (tertiary/aromatic N) is 2. The number of fused-ring (bicyclic) bond motifs is 2. The van der Waals surface area contributed by atoms with Crippen molar-refractivity contribution < 1.29 is 0 Å². The molecule has 0 spiro atoms. The van der Waals surface area contributed by atoms with E-state index in [9.17, 15) is 5.26 Å². The van der Waals surface area contributed by atoms with Crippen LogP contribution in [0.3, 0.4) is 0 Å². The molecule has 2 unspecified atom stereocenters. The van der Waals surface area contributed by atoms with Crippen molar-refractivity contribution in [1.29, 1.82) is 10.7 Å². The maximum absolute atomic E-state index is 9.19. The number of hydrogen-bond donors (Lipinski definition) is 4. The van der Waals surface area contributed by atoms with E-state index in [-0.39, 0.29) is 9.84 Å². The fourth-order valence-corrected chi connectivity index (χ4v) is 5.26. The molecule has 4 aromatic rings. The number of benzene rings is 2. The van der Waals surface area contributed by atoms with Crippen molar-refractivity contribution in [3.05, 3.63) is 64.1 Å². The highest BCUT2D eigenvalue weighted by molar-refractivity contribution is 14.1.